The second-order valence-corrected chi connectivity index (χ2v) is 3.98. The molecule has 0 unspecified atom stereocenters. The van der Waals surface area contributed by atoms with Crippen LogP contribution in [-0.2, 0) is 9.53 Å². The van der Waals surface area contributed by atoms with E-state index in [0.29, 0.717) is 0 Å². The Morgan fingerprint density at radius 2 is 2.08 bits per heavy atom. The zero-order valence-electron chi connectivity index (χ0n) is 8.23. The summed E-state index contributed by atoms with van der Waals surface area (Å²) < 4.78 is 4.70. The van der Waals surface area contributed by atoms with Crippen molar-refractivity contribution in [3.8, 4) is 0 Å². The zero-order chi connectivity index (χ0) is 9.35. The van der Waals surface area contributed by atoms with Gasteiger partial charge < -0.3 is 4.74 Å². The van der Waals surface area contributed by atoms with Gasteiger partial charge in [0, 0.05) is 5.57 Å². The molecule has 0 N–H and O–H groups in total. The van der Waals surface area contributed by atoms with Crippen LogP contribution in [0.15, 0.2) is 11.1 Å². The predicted octanol–water partition coefficient (Wildman–Crippen LogP) is 2.30. The SMILES string of the molecule is COC(=O)C1=C(C)C(C)(C)CC1. The van der Waals surface area contributed by atoms with Gasteiger partial charge in [0.2, 0.25) is 0 Å². The highest BCUT2D eigenvalue weighted by atomic mass is 16.5. The molecule has 0 fully saturated rings. The number of hydrogen-bond acceptors (Lipinski definition) is 2. The van der Waals surface area contributed by atoms with Crippen LogP contribution in [-0.4, -0.2) is 13.1 Å². The fourth-order valence-electron chi connectivity index (χ4n) is 1.60. The maximum atomic E-state index is 11.2. The van der Waals surface area contributed by atoms with Crippen LogP contribution in [0, 0.1) is 5.41 Å². The van der Waals surface area contributed by atoms with E-state index < -0.39 is 0 Å². The molecule has 0 heterocycles. The van der Waals surface area contributed by atoms with Crippen molar-refractivity contribution in [1.82, 2.24) is 0 Å². The highest BCUT2D eigenvalue weighted by Crippen LogP contribution is 2.42. The molecule has 0 spiro atoms. The Bertz CT molecular complexity index is 236. The molecule has 0 saturated heterocycles. The normalized spacial score (nSPS) is 21.3. The van der Waals surface area contributed by atoms with Gasteiger partial charge in [-0.15, -0.1) is 0 Å². The Labute approximate surface area is 73.6 Å². The first-order valence-corrected chi connectivity index (χ1v) is 4.27. The van der Waals surface area contributed by atoms with Gasteiger partial charge in [-0.3, -0.25) is 0 Å². The minimum Gasteiger partial charge on any atom is -0.466 e. The zero-order valence-corrected chi connectivity index (χ0v) is 8.23. The van der Waals surface area contributed by atoms with Crippen molar-refractivity contribution >= 4 is 5.97 Å². The third kappa shape index (κ3) is 1.38. The predicted molar refractivity (Wildman–Crippen MR) is 47.7 cm³/mol. The van der Waals surface area contributed by atoms with Crippen LogP contribution in [0.4, 0.5) is 0 Å². The van der Waals surface area contributed by atoms with E-state index >= 15 is 0 Å². The third-order valence-corrected chi connectivity index (χ3v) is 2.90. The Morgan fingerprint density at radius 1 is 1.50 bits per heavy atom. The standard InChI is InChI=1S/C10H16O2/c1-7-8(9(11)12-4)5-6-10(7,2)3/h5-6H2,1-4H3. The van der Waals surface area contributed by atoms with Gasteiger partial charge in [-0.05, 0) is 25.2 Å². The fraction of sp³-hybridized carbons (Fsp3) is 0.700. The summed E-state index contributed by atoms with van der Waals surface area (Å²) in [6.45, 7) is 6.36. The first-order chi connectivity index (χ1) is 5.49. The molecule has 1 aliphatic rings. The minimum atomic E-state index is -0.155. The van der Waals surface area contributed by atoms with Crippen molar-refractivity contribution in [2.24, 2.45) is 5.41 Å². The summed E-state index contributed by atoms with van der Waals surface area (Å²) >= 11 is 0. The number of allylic oxidation sites excluding steroid dienone is 1. The maximum Gasteiger partial charge on any atom is 0.333 e. The topological polar surface area (TPSA) is 26.3 Å². The van der Waals surface area contributed by atoms with E-state index in [0.717, 1.165) is 18.4 Å². The largest absolute Gasteiger partial charge is 0.466 e. The van der Waals surface area contributed by atoms with Gasteiger partial charge in [-0.1, -0.05) is 19.4 Å². The molecule has 0 aromatic carbocycles. The van der Waals surface area contributed by atoms with Crippen LogP contribution in [0.25, 0.3) is 0 Å². The summed E-state index contributed by atoms with van der Waals surface area (Å²) in [5.74, 6) is -0.155. The van der Waals surface area contributed by atoms with Crippen molar-refractivity contribution in [3.63, 3.8) is 0 Å². The quantitative estimate of drug-likeness (QED) is 0.561. The third-order valence-electron chi connectivity index (χ3n) is 2.90. The molecule has 68 valence electrons. The molecule has 0 radical (unpaired) electrons. The summed E-state index contributed by atoms with van der Waals surface area (Å²) in [5, 5.41) is 0. The number of rotatable bonds is 1. The molecule has 0 amide bonds. The second kappa shape index (κ2) is 2.92. The summed E-state index contributed by atoms with van der Waals surface area (Å²) in [4.78, 5) is 11.2. The van der Waals surface area contributed by atoms with Crippen LogP contribution >= 0.6 is 0 Å². The Hall–Kier alpha value is -0.790. The first-order valence-electron chi connectivity index (χ1n) is 4.27. The van der Waals surface area contributed by atoms with Crippen molar-refractivity contribution in [3.05, 3.63) is 11.1 Å². The minimum absolute atomic E-state index is 0.155. The van der Waals surface area contributed by atoms with E-state index in [1.165, 1.54) is 12.7 Å². The van der Waals surface area contributed by atoms with E-state index in [-0.39, 0.29) is 11.4 Å². The lowest BCUT2D eigenvalue weighted by atomic mass is 9.86. The van der Waals surface area contributed by atoms with Crippen molar-refractivity contribution in [2.75, 3.05) is 7.11 Å². The molecule has 12 heavy (non-hydrogen) atoms. The highest BCUT2D eigenvalue weighted by molar-refractivity contribution is 5.90. The molecular weight excluding hydrogens is 152 g/mol. The maximum absolute atomic E-state index is 11.2. The van der Waals surface area contributed by atoms with Crippen molar-refractivity contribution < 1.29 is 9.53 Å². The number of hydrogen-bond donors (Lipinski definition) is 0. The summed E-state index contributed by atoms with van der Waals surface area (Å²) in [7, 11) is 1.44. The van der Waals surface area contributed by atoms with Crippen LogP contribution in [0.2, 0.25) is 0 Å². The Balaban J connectivity index is 2.93. The molecule has 0 aromatic rings. The van der Waals surface area contributed by atoms with Gasteiger partial charge in [0.05, 0.1) is 7.11 Å². The van der Waals surface area contributed by atoms with E-state index in [4.69, 9.17) is 4.74 Å². The van der Waals surface area contributed by atoms with Crippen LogP contribution in [0.1, 0.15) is 33.6 Å². The Morgan fingerprint density at radius 3 is 2.42 bits per heavy atom. The van der Waals surface area contributed by atoms with Crippen molar-refractivity contribution in [1.29, 1.82) is 0 Å². The number of methoxy groups -OCH3 is 1. The Kier molecular flexibility index (Phi) is 2.27. The number of esters is 1. The molecule has 0 aliphatic heterocycles. The van der Waals surface area contributed by atoms with Gasteiger partial charge >= 0.3 is 5.97 Å². The second-order valence-electron chi connectivity index (χ2n) is 3.98. The van der Waals surface area contributed by atoms with Crippen LogP contribution in [0.3, 0.4) is 0 Å². The number of ether oxygens (including phenoxy) is 1. The lowest BCUT2D eigenvalue weighted by Crippen LogP contribution is -2.09. The monoisotopic (exact) mass is 168 g/mol. The molecule has 2 nitrogen and oxygen atoms in total. The van der Waals surface area contributed by atoms with Gasteiger partial charge in [0.1, 0.15) is 0 Å². The van der Waals surface area contributed by atoms with E-state index in [1.807, 2.05) is 6.92 Å². The number of carbonyl (C=O) groups excluding carboxylic acids is 1. The number of carbonyl (C=O) groups is 1. The average molecular weight is 168 g/mol. The molecule has 0 saturated carbocycles. The lowest BCUT2D eigenvalue weighted by molar-refractivity contribution is -0.136. The molecule has 0 bridgehead atoms. The average Bonchev–Trinajstić information content (AvgIpc) is 2.27. The van der Waals surface area contributed by atoms with Crippen molar-refractivity contribution in [2.45, 2.75) is 33.6 Å². The van der Waals surface area contributed by atoms with Gasteiger partial charge in [0.25, 0.3) is 0 Å². The smallest absolute Gasteiger partial charge is 0.333 e. The van der Waals surface area contributed by atoms with Crippen LogP contribution < -0.4 is 0 Å². The fourth-order valence-corrected chi connectivity index (χ4v) is 1.60. The molecule has 0 aromatic heterocycles. The first kappa shape index (κ1) is 9.30. The molecule has 0 atom stereocenters. The van der Waals surface area contributed by atoms with E-state index in [9.17, 15) is 4.79 Å². The molecule has 1 aliphatic carbocycles. The van der Waals surface area contributed by atoms with Gasteiger partial charge in [-0.2, -0.15) is 0 Å². The van der Waals surface area contributed by atoms with Gasteiger partial charge in [0.15, 0.2) is 0 Å². The van der Waals surface area contributed by atoms with E-state index in [1.54, 1.807) is 0 Å². The summed E-state index contributed by atoms with van der Waals surface area (Å²) in [6, 6.07) is 0. The van der Waals surface area contributed by atoms with Crippen LogP contribution in [0.5, 0.6) is 0 Å². The lowest BCUT2D eigenvalue weighted by Gasteiger charge is -2.18. The summed E-state index contributed by atoms with van der Waals surface area (Å²) in [5.41, 5.74) is 2.25. The molecule has 1 rings (SSSR count). The van der Waals surface area contributed by atoms with E-state index in [2.05, 4.69) is 13.8 Å². The molecular formula is C10H16O2. The highest BCUT2D eigenvalue weighted by Gasteiger charge is 2.32. The summed E-state index contributed by atoms with van der Waals surface area (Å²) in [6.07, 6.45) is 1.93. The molecule has 2 heteroatoms. The van der Waals surface area contributed by atoms with Gasteiger partial charge in [-0.25, -0.2) is 4.79 Å².